The fourth-order valence-corrected chi connectivity index (χ4v) is 10.1. The summed E-state index contributed by atoms with van der Waals surface area (Å²) >= 11 is 0. The summed E-state index contributed by atoms with van der Waals surface area (Å²) in [6.07, 6.45) is 13.5. The summed E-state index contributed by atoms with van der Waals surface area (Å²) in [4.78, 5) is 5.17. The summed E-state index contributed by atoms with van der Waals surface area (Å²) in [6.45, 7) is 9.27. The average Bonchev–Trinajstić information content (AvgIpc) is 3.11. The highest BCUT2D eigenvalue weighted by atomic mass is 15.2. The molecule has 2 fully saturated rings. The lowest BCUT2D eigenvalue weighted by atomic mass is 9.32. The standard InChI is InChI=1S/C46H49BN2/c1-30-24-31(2)27-39(26-30)49-41-23-20-37(35-14-9-6-10-15-35)29-40(41)47-45-33(4)25-32(3)28-44(45)48(42-16-11-17-43(49)46(42)47)38-21-18-36(19-22-38)34-12-7-5-8-13-34/h11,16-29,34-35H,5-10,12-15H2,1-4H3. The van der Waals surface area contributed by atoms with Crippen molar-refractivity contribution in [3.8, 4) is 0 Å². The largest absolute Gasteiger partial charge is 0.311 e. The Labute approximate surface area is 294 Å². The number of fused-ring (bicyclic) bond motifs is 4. The SMILES string of the molecule is Cc1cc(C)cc(N2c3ccc(C4CCCCC4)cc3B3c4c(C)cc(C)cc4N(c4ccc(C5CCCCC5)cc4)c4cccc2c43)c1. The van der Waals surface area contributed by atoms with E-state index in [-0.39, 0.29) is 6.71 Å². The number of rotatable bonds is 4. The van der Waals surface area contributed by atoms with Crippen molar-refractivity contribution in [2.24, 2.45) is 0 Å². The molecule has 4 aliphatic rings. The first-order valence-electron chi connectivity index (χ1n) is 19.1. The Balaban J connectivity index is 1.28. The Morgan fingerprint density at radius 1 is 0.469 bits per heavy atom. The third-order valence-corrected chi connectivity index (χ3v) is 12.2. The molecule has 0 spiro atoms. The van der Waals surface area contributed by atoms with E-state index in [0.29, 0.717) is 11.8 Å². The third kappa shape index (κ3) is 5.23. The van der Waals surface area contributed by atoms with Crippen molar-refractivity contribution in [3.63, 3.8) is 0 Å². The van der Waals surface area contributed by atoms with Crippen molar-refractivity contribution in [1.29, 1.82) is 0 Å². The maximum Gasteiger partial charge on any atom is 0.252 e. The van der Waals surface area contributed by atoms with E-state index >= 15 is 0 Å². The maximum absolute atomic E-state index is 2.63. The molecule has 3 heteroatoms. The average molecular weight is 641 g/mol. The molecule has 0 aromatic heterocycles. The lowest BCUT2D eigenvalue weighted by Gasteiger charge is -2.45. The van der Waals surface area contributed by atoms with Crippen LogP contribution in [0.15, 0.2) is 91.0 Å². The van der Waals surface area contributed by atoms with Crippen molar-refractivity contribution in [1.82, 2.24) is 0 Å². The second-order valence-electron chi connectivity index (χ2n) is 15.8. The van der Waals surface area contributed by atoms with Crippen LogP contribution in [0.1, 0.15) is 109 Å². The van der Waals surface area contributed by atoms with E-state index in [1.165, 1.54) is 148 Å². The van der Waals surface area contributed by atoms with Crippen LogP contribution in [0.5, 0.6) is 0 Å². The van der Waals surface area contributed by atoms with E-state index in [2.05, 4.69) is 128 Å². The van der Waals surface area contributed by atoms with Crippen LogP contribution in [0, 0.1) is 27.7 Å². The Morgan fingerprint density at radius 3 is 1.69 bits per heavy atom. The molecule has 0 radical (unpaired) electrons. The van der Waals surface area contributed by atoms with Gasteiger partial charge in [-0.15, -0.1) is 0 Å². The molecule has 5 aromatic carbocycles. The molecule has 0 atom stereocenters. The Hall–Kier alpha value is -4.24. The molecule has 2 aliphatic carbocycles. The van der Waals surface area contributed by atoms with Crippen LogP contribution in [0.4, 0.5) is 34.1 Å². The van der Waals surface area contributed by atoms with Gasteiger partial charge in [0.25, 0.3) is 6.71 Å². The molecule has 9 rings (SSSR count). The smallest absolute Gasteiger partial charge is 0.252 e. The van der Waals surface area contributed by atoms with E-state index in [0.717, 1.165) is 0 Å². The Morgan fingerprint density at radius 2 is 1.04 bits per heavy atom. The summed E-state index contributed by atoms with van der Waals surface area (Å²) < 4.78 is 0. The number of hydrogen-bond acceptors (Lipinski definition) is 2. The minimum atomic E-state index is 0.181. The van der Waals surface area contributed by atoms with Crippen LogP contribution in [-0.2, 0) is 0 Å². The van der Waals surface area contributed by atoms with Gasteiger partial charge in [0.15, 0.2) is 0 Å². The van der Waals surface area contributed by atoms with Gasteiger partial charge in [-0.25, -0.2) is 0 Å². The van der Waals surface area contributed by atoms with Gasteiger partial charge in [0.1, 0.15) is 0 Å². The van der Waals surface area contributed by atoms with Gasteiger partial charge < -0.3 is 9.80 Å². The van der Waals surface area contributed by atoms with Gasteiger partial charge in [0.05, 0.1) is 0 Å². The Bertz CT molecular complexity index is 2030. The quantitative estimate of drug-likeness (QED) is 0.177. The molecule has 2 aliphatic heterocycles. The van der Waals surface area contributed by atoms with E-state index in [4.69, 9.17) is 0 Å². The monoisotopic (exact) mass is 640 g/mol. The summed E-state index contributed by atoms with van der Waals surface area (Å²) in [7, 11) is 0. The Kier molecular flexibility index (Phi) is 7.71. The van der Waals surface area contributed by atoms with Crippen LogP contribution >= 0.6 is 0 Å². The van der Waals surface area contributed by atoms with Crippen LogP contribution in [-0.4, -0.2) is 6.71 Å². The molecule has 246 valence electrons. The van der Waals surface area contributed by atoms with Crippen LogP contribution in [0.25, 0.3) is 0 Å². The first-order chi connectivity index (χ1) is 23.9. The zero-order valence-corrected chi connectivity index (χ0v) is 29.9. The summed E-state index contributed by atoms with van der Waals surface area (Å²) in [5.41, 5.74) is 20.5. The molecule has 49 heavy (non-hydrogen) atoms. The van der Waals surface area contributed by atoms with Crippen molar-refractivity contribution in [2.75, 3.05) is 9.80 Å². The summed E-state index contributed by atoms with van der Waals surface area (Å²) in [6, 6.07) is 36.2. The zero-order valence-electron chi connectivity index (χ0n) is 29.9. The number of benzene rings is 5. The van der Waals surface area contributed by atoms with Crippen molar-refractivity contribution >= 4 is 57.2 Å². The van der Waals surface area contributed by atoms with Crippen molar-refractivity contribution in [3.05, 3.63) is 124 Å². The molecule has 5 aromatic rings. The molecule has 0 amide bonds. The molecule has 2 nitrogen and oxygen atoms in total. The second kappa shape index (κ2) is 12.3. The van der Waals surface area contributed by atoms with Crippen molar-refractivity contribution < 1.29 is 0 Å². The zero-order chi connectivity index (χ0) is 33.2. The highest BCUT2D eigenvalue weighted by Crippen LogP contribution is 2.46. The van der Waals surface area contributed by atoms with Gasteiger partial charge in [0, 0.05) is 34.1 Å². The molecule has 2 saturated carbocycles. The van der Waals surface area contributed by atoms with Gasteiger partial charge in [-0.3, -0.25) is 0 Å². The number of nitrogens with zero attached hydrogens (tertiary/aromatic N) is 2. The van der Waals surface area contributed by atoms with Crippen LogP contribution in [0.2, 0.25) is 0 Å². The first-order valence-corrected chi connectivity index (χ1v) is 19.1. The predicted molar refractivity (Wildman–Crippen MR) is 211 cm³/mol. The summed E-state index contributed by atoms with van der Waals surface area (Å²) in [5, 5.41) is 0. The van der Waals surface area contributed by atoms with Gasteiger partial charge in [-0.1, -0.05) is 86.6 Å². The van der Waals surface area contributed by atoms with Crippen molar-refractivity contribution in [2.45, 2.75) is 104 Å². The minimum absolute atomic E-state index is 0.181. The number of hydrogen-bond donors (Lipinski definition) is 0. The lowest BCUT2D eigenvalue weighted by molar-refractivity contribution is 0.443. The predicted octanol–water partition coefficient (Wildman–Crippen LogP) is 11.1. The topological polar surface area (TPSA) is 6.48 Å². The second-order valence-corrected chi connectivity index (χ2v) is 15.8. The van der Waals surface area contributed by atoms with Gasteiger partial charge in [0.2, 0.25) is 0 Å². The van der Waals surface area contributed by atoms with Gasteiger partial charge in [-0.2, -0.15) is 0 Å². The molecule has 0 N–H and O–H groups in total. The summed E-state index contributed by atoms with van der Waals surface area (Å²) in [5.74, 6) is 1.36. The van der Waals surface area contributed by atoms with E-state index in [1.807, 2.05) is 0 Å². The lowest BCUT2D eigenvalue weighted by Crippen LogP contribution is -2.62. The number of aryl methyl sites for hydroxylation is 4. The van der Waals surface area contributed by atoms with E-state index in [9.17, 15) is 0 Å². The molecule has 0 bridgehead atoms. The van der Waals surface area contributed by atoms with Gasteiger partial charge in [-0.05, 0) is 158 Å². The molecular formula is C46H49BN2. The van der Waals surface area contributed by atoms with E-state index in [1.54, 1.807) is 0 Å². The maximum atomic E-state index is 2.63. The normalized spacial score (nSPS) is 17.5. The third-order valence-electron chi connectivity index (χ3n) is 12.2. The van der Waals surface area contributed by atoms with E-state index < -0.39 is 0 Å². The highest BCUT2D eigenvalue weighted by Gasteiger charge is 2.44. The van der Waals surface area contributed by atoms with Crippen LogP contribution < -0.4 is 26.2 Å². The first kappa shape index (κ1) is 30.8. The van der Waals surface area contributed by atoms with Gasteiger partial charge >= 0.3 is 0 Å². The highest BCUT2D eigenvalue weighted by molar-refractivity contribution is 7.00. The molecule has 0 unspecified atom stereocenters. The van der Waals surface area contributed by atoms with Crippen LogP contribution in [0.3, 0.4) is 0 Å². The molecular weight excluding hydrogens is 591 g/mol. The number of anilines is 6. The fourth-order valence-electron chi connectivity index (χ4n) is 10.1. The fraction of sp³-hybridized carbons (Fsp3) is 0.348. The molecule has 2 heterocycles. The molecule has 0 saturated heterocycles. The minimum Gasteiger partial charge on any atom is -0.311 e.